The van der Waals surface area contributed by atoms with E-state index >= 15 is 0 Å². The molecule has 0 spiro atoms. The summed E-state index contributed by atoms with van der Waals surface area (Å²) in [5, 5.41) is 2.34. The molecule has 2 aromatic heterocycles. The Balaban J connectivity index is 2.00. The quantitative estimate of drug-likeness (QED) is 0.261. The Morgan fingerprint density at radius 2 is 1.48 bits per heavy atom. The third-order valence-corrected chi connectivity index (χ3v) is 6.77. The van der Waals surface area contributed by atoms with Crippen LogP contribution in [0, 0.1) is 20.8 Å². The van der Waals surface area contributed by atoms with Crippen molar-refractivity contribution >= 4 is 21.9 Å². The minimum atomic E-state index is 0.310. The first kappa shape index (κ1) is 21.5. The van der Waals surface area contributed by atoms with Gasteiger partial charge in [0.25, 0.3) is 5.82 Å². The van der Waals surface area contributed by atoms with Gasteiger partial charge in [-0.15, -0.1) is 0 Å². The molecular weight excluding hydrogens is 404 g/mol. The summed E-state index contributed by atoms with van der Waals surface area (Å²) in [6.07, 6.45) is 2.29. The number of benzene rings is 3. The molecule has 0 bridgehead atoms. The van der Waals surface area contributed by atoms with Gasteiger partial charge < -0.3 is 4.42 Å². The van der Waals surface area contributed by atoms with Gasteiger partial charge in [-0.3, -0.25) is 0 Å². The third-order valence-electron chi connectivity index (χ3n) is 6.77. The van der Waals surface area contributed by atoms with Gasteiger partial charge in [-0.05, 0) is 56.4 Å². The van der Waals surface area contributed by atoms with Crippen molar-refractivity contribution in [3.63, 3.8) is 0 Å². The number of hydrogen-bond donors (Lipinski definition) is 0. The summed E-state index contributed by atoms with van der Waals surface area (Å²) in [6.45, 7) is 15.7. The number of fused-ring (bicyclic) bond motifs is 3. The molecule has 0 amide bonds. The number of para-hydroxylation sites is 2. The van der Waals surface area contributed by atoms with Crippen LogP contribution in [0.4, 0.5) is 0 Å². The third kappa shape index (κ3) is 3.30. The van der Waals surface area contributed by atoms with E-state index in [1.807, 2.05) is 6.07 Å². The lowest BCUT2D eigenvalue weighted by Gasteiger charge is -2.16. The molecule has 5 rings (SSSR count). The Morgan fingerprint density at radius 1 is 0.788 bits per heavy atom. The molecule has 0 radical (unpaired) electrons. The van der Waals surface area contributed by atoms with E-state index in [-0.39, 0.29) is 0 Å². The summed E-state index contributed by atoms with van der Waals surface area (Å²) in [5.74, 6) is 1.55. The maximum absolute atomic E-state index is 6.60. The average molecular weight is 438 g/mol. The van der Waals surface area contributed by atoms with Crippen molar-refractivity contribution in [3.8, 4) is 17.1 Å². The van der Waals surface area contributed by atoms with Crippen molar-refractivity contribution in [1.82, 2.24) is 4.57 Å². The summed E-state index contributed by atoms with van der Waals surface area (Å²) < 4.78 is 11.5. The molecule has 0 fully saturated rings. The van der Waals surface area contributed by atoms with Crippen LogP contribution in [-0.4, -0.2) is 4.57 Å². The molecule has 0 aliphatic rings. The van der Waals surface area contributed by atoms with Crippen LogP contribution in [0.25, 0.3) is 39.0 Å². The van der Waals surface area contributed by atoms with Crippen LogP contribution in [0.3, 0.4) is 0 Å². The fourth-order valence-corrected chi connectivity index (χ4v) is 5.36. The lowest BCUT2D eigenvalue weighted by atomic mass is 9.94. The van der Waals surface area contributed by atoms with Crippen LogP contribution >= 0.6 is 0 Å². The Labute approximate surface area is 196 Å². The summed E-state index contributed by atoms with van der Waals surface area (Å²) >= 11 is 0. The average Bonchev–Trinajstić information content (AvgIpc) is 3.30. The molecule has 0 saturated carbocycles. The molecule has 0 saturated heterocycles. The SMILES string of the molecule is Cc1cccc(C)c1-[n+]1cc(C)n(C(C)C)c1-c1c(C(C)C)ccc2c1oc1ccccc12. The van der Waals surface area contributed by atoms with E-state index in [9.17, 15) is 0 Å². The van der Waals surface area contributed by atoms with Gasteiger partial charge in [0.15, 0.2) is 5.58 Å². The molecule has 0 atom stereocenters. The zero-order chi connectivity index (χ0) is 23.4. The molecule has 0 aliphatic carbocycles. The van der Waals surface area contributed by atoms with E-state index < -0.39 is 0 Å². The first-order chi connectivity index (χ1) is 15.8. The van der Waals surface area contributed by atoms with Crippen LogP contribution in [-0.2, 0) is 0 Å². The van der Waals surface area contributed by atoms with Crippen molar-refractivity contribution in [2.75, 3.05) is 0 Å². The molecule has 0 N–H and O–H groups in total. The second-order valence-electron chi connectivity index (χ2n) is 9.83. The van der Waals surface area contributed by atoms with E-state index in [2.05, 4.69) is 112 Å². The standard InChI is InChI=1S/C30H33N2O/c1-18(2)23-15-16-25-24-13-8-9-14-26(24)33-29(25)27(23)30-31(17-22(7)32(30)19(3)4)28-20(5)11-10-12-21(28)6/h8-19H,1-7H3/q+1. The molecule has 3 nitrogen and oxygen atoms in total. The number of aromatic nitrogens is 2. The summed E-state index contributed by atoms with van der Waals surface area (Å²) in [4.78, 5) is 0. The van der Waals surface area contributed by atoms with Gasteiger partial charge in [-0.25, -0.2) is 4.57 Å². The zero-order valence-electron chi connectivity index (χ0n) is 20.7. The van der Waals surface area contributed by atoms with Crippen LogP contribution in [0.2, 0.25) is 0 Å². The van der Waals surface area contributed by atoms with Gasteiger partial charge >= 0.3 is 0 Å². The van der Waals surface area contributed by atoms with E-state index in [0.29, 0.717) is 12.0 Å². The maximum atomic E-state index is 6.60. The minimum absolute atomic E-state index is 0.310. The Kier molecular flexibility index (Phi) is 5.16. The van der Waals surface area contributed by atoms with Crippen molar-refractivity contribution in [2.45, 2.75) is 60.4 Å². The van der Waals surface area contributed by atoms with Crippen molar-refractivity contribution in [2.24, 2.45) is 0 Å². The second-order valence-corrected chi connectivity index (χ2v) is 9.83. The van der Waals surface area contributed by atoms with E-state index in [1.165, 1.54) is 50.2 Å². The van der Waals surface area contributed by atoms with Gasteiger partial charge in [0.1, 0.15) is 28.7 Å². The van der Waals surface area contributed by atoms with Crippen LogP contribution < -0.4 is 4.57 Å². The first-order valence-electron chi connectivity index (χ1n) is 11.9. The fraction of sp³-hybridized carbons (Fsp3) is 0.300. The summed E-state index contributed by atoms with van der Waals surface area (Å²) in [6, 6.07) is 19.7. The first-order valence-corrected chi connectivity index (χ1v) is 11.9. The molecule has 168 valence electrons. The van der Waals surface area contributed by atoms with Crippen LogP contribution in [0.5, 0.6) is 0 Å². The second kappa shape index (κ2) is 7.91. The van der Waals surface area contributed by atoms with Crippen molar-refractivity contribution in [3.05, 3.63) is 83.2 Å². The predicted octanol–water partition coefficient (Wildman–Crippen LogP) is 7.96. The number of aryl methyl sites for hydroxylation is 3. The van der Waals surface area contributed by atoms with Gasteiger partial charge in [-0.1, -0.05) is 62.4 Å². The zero-order valence-corrected chi connectivity index (χ0v) is 20.7. The number of imidazole rings is 1. The summed E-state index contributed by atoms with van der Waals surface area (Å²) in [7, 11) is 0. The lowest BCUT2D eigenvalue weighted by Crippen LogP contribution is -2.34. The van der Waals surface area contributed by atoms with E-state index in [1.54, 1.807) is 0 Å². The van der Waals surface area contributed by atoms with Gasteiger partial charge in [-0.2, -0.15) is 4.57 Å². The predicted molar refractivity (Wildman–Crippen MR) is 137 cm³/mol. The molecule has 0 unspecified atom stereocenters. The van der Waals surface area contributed by atoms with Gasteiger partial charge in [0, 0.05) is 17.7 Å². The monoisotopic (exact) mass is 437 g/mol. The van der Waals surface area contributed by atoms with Gasteiger partial charge in [0.2, 0.25) is 0 Å². The van der Waals surface area contributed by atoms with E-state index in [4.69, 9.17) is 4.42 Å². The Hall–Kier alpha value is -3.33. The number of hydrogen-bond acceptors (Lipinski definition) is 1. The van der Waals surface area contributed by atoms with Crippen LogP contribution in [0.1, 0.15) is 62.0 Å². The van der Waals surface area contributed by atoms with Crippen molar-refractivity contribution in [1.29, 1.82) is 0 Å². The smallest absolute Gasteiger partial charge is 0.298 e. The molecule has 3 heteroatoms. The van der Waals surface area contributed by atoms with Crippen LogP contribution in [0.15, 0.2) is 65.2 Å². The number of rotatable bonds is 4. The fourth-order valence-electron chi connectivity index (χ4n) is 5.36. The molecule has 2 heterocycles. The topological polar surface area (TPSA) is 21.9 Å². The molecule has 0 aliphatic heterocycles. The molecular formula is C30H33N2O+. The Morgan fingerprint density at radius 3 is 2.15 bits per heavy atom. The number of nitrogens with zero attached hydrogens (tertiary/aromatic N) is 2. The highest BCUT2D eigenvalue weighted by atomic mass is 16.3. The highest BCUT2D eigenvalue weighted by Gasteiger charge is 2.33. The molecule has 3 aromatic carbocycles. The minimum Gasteiger partial charge on any atom is -0.455 e. The van der Waals surface area contributed by atoms with Gasteiger partial charge in [0.05, 0.1) is 6.04 Å². The van der Waals surface area contributed by atoms with E-state index in [0.717, 1.165) is 11.2 Å². The summed E-state index contributed by atoms with van der Waals surface area (Å²) in [5.41, 5.74) is 9.44. The lowest BCUT2D eigenvalue weighted by molar-refractivity contribution is -0.584. The largest absolute Gasteiger partial charge is 0.455 e. The highest BCUT2D eigenvalue weighted by molar-refractivity contribution is 6.09. The number of furan rings is 1. The highest BCUT2D eigenvalue weighted by Crippen LogP contribution is 2.41. The molecule has 33 heavy (non-hydrogen) atoms. The van der Waals surface area contributed by atoms with Crippen molar-refractivity contribution < 1.29 is 8.98 Å². The Bertz CT molecular complexity index is 1480. The normalized spacial score (nSPS) is 12.0. The maximum Gasteiger partial charge on any atom is 0.298 e. The molecule has 5 aromatic rings.